The molecule has 6 nitrogen and oxygen atoms in total. The third-order valence-electron chi connectivity index (χ3n) is 3.70. The summed E-state index contributed by atoms with van der Waals surface area (Å²) in [5.74, 6) is -0.578. The quantitative estimate of drug-likeness (QED) is 0.740. The molecule has 0 unspecified atom stereocenters. The molecule has 3 aromatic rings. The number of ether oxygens (including phenoxy) is 1. The molecule has 0 amide bonds. The molecule has 0 fully saturated rings. The van der Waals surface area contributed by atoms with Crippen LogP contribution in [0.3, 0.4) is 0 Å². The van der Waals surface area contributed by atoms with Crippen molar-refractivity contribution in [2.45, 2.75) is 13.8 Å². The van der Waals surface area contributed by atoms with E-state index < -0.39 is 5.97 Å². The van der Waals surface area contributed by atoms with Crippen molar-refractivity contribution in [1.82, 2.24) is 15.0 Å². The lowest BCUT2D eigenvalue weighted by molar-refractivity contribution is 0.0595. The van der Waals surface area contributed by atoms with Crippen molar-refractivity contribution in [3.05, 3.63) is 59.5 Å². The summed E-state index contributed by atoms with van der Waals surface area (Å²) in [6, 6.07) is 13.4. The maximum Gasteiger partial charge on any atom is 0.360 e. The van der Waals surface area contributed by atoms with Gasteiger partial charge in [-0.2, -0.15) is 0 Å². The number of pyridine rings is 1. The first kappa shape index (κ1) is 16.6. The number of methoxy groups -OCH3 is 1. The van der Waals surface area contributed by atoms with Gasteiger partial charge in [-0.1, -0.05) is 30.3 Å². The predicted octanol–water partition coefficient (Wildman–Crippen LogP) is 3.19. The average Bonchev–Trinajstić information content (AvgIpc) is 2.60. The van der Waals surface area contributed by atoms with E-state index in [9.17, 15) is 4.79 Å². The minimum absolute atomic E-state index is 0.00398. The van der Waals surface area contributed by atoms with Crippen molar-refractivity contribution in [3.63, 3.8) is 0 Å². The number of nitrogens with two attached hydrogens (primary N) is 1. The topological polar surface area (TPSA) is 91.0 Å². The number of carbonyl (C=O) groups excluding carboxylic acids is 1. The van der Waals surface area contributed by atoms with E-state index >= 15 is 0 Å². The first-order valence-electron chi connectivity index (χ1n) is 7.76. The summed E-state index contributed by atoms with van der Waals surface area (Å²) in [7, 11) is 1.29. The lowest BCUT2D eigenvalue weighted by Crippen LogP contribution is -2.12. The fourth-order valence-corrected chi connectivity index (χ4v) is 2.67. The van der Waals surface area contributed by atoms with Gasteiger partial charge in [0.05, 0.1) is 18.5 Å². The van der Waals surface area contributed by atoms with E-state index in [1.54, 1.807) is 0 Å². The number of aryl methyl sites for hydroxylation is 2. The maximum absolute atomic E-state index is 12.0. The van der Waals surface area contributed by atoms with Gasteiger partial charge in [0.15, 0.2) is 11.5 Å². The Balaban J connectivity index is 2.31. The molecule has 0 spiro atoms. The summed E-state index contributed by atoms with van der Waals surface area (Å²) in [4.78, 5) is 25.3. The van der Waals surface area contributed by atoms with Crippen molar-refractivity contribution in [1.29, 1.82) is 0 Å². The minimum atomic E-state index is -0.617. The molecular formula is C19H18N4O2. The Morgan fingerprint density at radius 2 is 1.52 bits per heavy atom. The van der Waals surface area contributed by atoms with E-state index in [0.717, 1.165) is 22.5 Å². The second-order valence-corrected chi connectivity index (χ2v) is 5.65. The molecule has 0 aliphatic carbocycles. The average molecular weight is 334 g/mol. The van der Waals surface area contributed by atoms with Crippen molar-refractivity contribution < 1.29 is 9.53 Å². The van der Waals surface area contributed by atoms with Crippen LogP contribution in [0.1, 0.15) is 21.9 Å². The molecule has 126 valence electrons. The minimum Gasteiger partial charge on any atom is -0.464 e. The fourth-order valence-electron chi connectivity index (χ4n) is 2.67. The fraction of sp³-hybridized carbons (Fsp3) is 0.158. The smallest absolute Gasteiger partial charge is 0.360 e. The highest BCUT2D eigenvalue weighted by Crippen LogP contribution is 2.31. The highest BCUT2D eigenvalue weighted by molar-refractivity contribution is 5.94. The Bertz CT molecular complexity index is 919. The van der Waals surface area contributed by atoms with Gasteiger partial charge in [-0.15, -0.1) is 0 Å². The number of hydrogen-bond donors (Lipinski definition) is 1. The molecule has 0 aliphatic heterocycles. The van der Waals surface area contributed by atoms with Crippen molar-refractivity contribution >= 4 is 11.8 Å². The SMILES string of the molecule is COC(=O)c1nc(-c2cc(C)nc(C)c2)c(-c2ccccc2)nc1N. The molecule has 2 aromatic heterocycles. The Labute approximate surface area is 145 Å². The molecule has 0 saturated heterocycles. The number of esters is 1. The number of aromatic nitrogens is 3. The molecule has 2 heterocycles. The van der Waals surface area contributed by atoms with Crippen LogP contribution in [-0.4, -0.2) is 28.0 Å². The number of carbonyl (C=O) groups is 1. The van der Waals surface area contributed by atoms with Crippen LogP contribution in [0.25, 0.3) is 22.5 Å². The Morgan fingerprint density at radius 3 is 2.12 bits per heavy atom. The van der Waals surface area contributed by atoms with Gasteiger partial charge >= 0.3 is 5.97 Å². The van der Waals surface area contributed by atoms with Gasteiger partial charge in [-0.3, -0.25) is 4.98 Å². The molecule has 0 atom stereocenters. The zero-order valence-electron chi connectivity index (χ0n) is 14.3. The summed E-state index contributed by atoms with van der Waals surface area (Å²) >= 11 is 0. The third kappa shape index (κ3) is 3.33. The lowest BCUT2D eigenvalue weighted by Gasteiger charge is -2.13. The number of nitrogens with zero attached hydrogens (tertiary/aromatic N) is 3. The van der Waals surface area contributed by atoms with E-state index in [0.29, 0.717) is 11.4 Å². The van der Waals surface area contributed by atoms with Crippen LogP contribution in [0.2, 0.25) is 0 Å². The number of anilines is 1. The number of nitrogen functional groups attached to an aromatic ring is 1. The van der Waals surface area contributed by atoms with Crippen LogP contribution in [0.5, 0.6) is 0 Å². The highest BCUT2D eigenvalue weighted by atomic mass is 16.5. The largest absolute Gasteiger partial charge is 0.464 e. The van der Waals surface area contributed by atoms with Crippen LogP contribution in [0.4, 0.5) is 5.82 Å². The summed E-state index contributed by atoms with van der Waals surface area (Å²) in [6.45, 7) is 3.81. The first-order chi connectivity index (χ1) is 12.0. The molecule has 0 bridgehead atoms. The van der Waals surface area contributed by atoms with E-state index in [2.05, 4.69) is 15.0 Å². The zero-order valence-corrected chi connectivity index (χ0v) is 14.3. The van der Waals surface area contributed by atoms with Gasteiger partial charge < -0.3 is 10.5 Å². The van der Waals surface area contributed by atoms with Crippen LogP contribution >= 0.6 is 0 Å². The van der Waals surface area contributed by atoms with Gasteiger partial charge in [0.1, 0.15) is 0 Å². The molecular weight excluding hydrogens is 316 g/mol. The van der Waals surface area contributed by atoms with E-state index in [-0.39, 0.29) is 11.5 Å². The Morgan fingerprint density at radius 1 is 0.920 bits per heavy atom. The molecule has 3 rings (SSSR count). The molecule has 6 heteroatoms. The van der Waals surface area contributed by atoms with E-state index in [4.69, 9.17) is 10.5 Å². The summed E-state index contributed by atoms with van der Waals surface area (Å²) in [6.07, 6.45) is 0. The van der Waals surface area contributed by atoms with Crippen LogP contribution in [0.15, 0.2) is 42.5 Å². The first-order valence-corrected chi connectivity index (χ1v) is 7.76. The molecule has 1 aromatic carbocycles. The van der Waals surface area contributed by atoms with Gasteiger partial charge in [0.2, 0.25) is 0 Å². The number of hydrogen-bond acceptors (Lipinski definition) is 6. The van der Waals surface area contributed by atoms with E-state index in [1.807, 2.05) is 56.3 Å². The van der Waals surface area contributed by atoms with Crippen molar-refractivity contribution in [2.24, 2.45) is 0 Å². The summed E-state index contributed by atoms with van der Waals surface area (Å²) in [5, 5.41) is 0. The monoisotopic (exact) mass is 334 g/mol. The molecule has 0 aliphatic rings. The van der Waals surface area contributed by atoms with Crippen LogP contribution < -0.4 is 5.73 Å². The highest BCUT2D eigenvalue weighted by Gasteiger charge is 2.20. The van der Waals surface area contributed by atoms with E-state index in [1.165, 1.54) is 7.11 Å². The number of benzene rings is 1. The predicted molar refractivity (Wildman–Crippen MR) is 95.9 cm³/mol. The van der Waals surface area contributed by atoms with Gasteiger partial charge in [-0.25, -0.2) is 14.8 Å². The standard InChI is InChI=1S/C19H18N4O2/c1-11-9-14(10-12(2)21-11)16-15(13-7-5-4-6-8-13)23-18(20)17(22-16)19(24)25-3/h4-10H,1-3H3,(H2,20,23). The van der Waals surface area contributed by atoms with Crippen LogP contribution in [-0.2, 0) is 4.74 Å². The molecule has 2 N–H and O–H groups in total. The Kier molecular flexibility index (Phi) is 4.43. The lowest BCUT2D eigenvalue weighted by atomic mass is 10.0. The number of rotatable bonds is 3. The summed E-state index contributed by atoms with van der Waals surface area (Å²) < 4.78 is 4.77. The van der Waals surface area contributed by atoms with Crippen LogP contribution in [0, 0.1) is 13.8 Å². The van der Waals surface area contributed by atoms with Crippen molar-refractivity contribution in [3.8, 4) is 22.5 Å². The van der Waals surface area contributed by atoms with Gasteiger partial charge in [0, 0.05) is 22.5 Å². The van der Waals surface area contributed by atoms with Gasteiger partial charge in [0.25, 0.3) is 0 Å². The summed E-state index contributed by atoms with van der Waals surface area (Å²) in [5.41, 5.74) is 10.5. The second-order valence-electron chi connectivity index (χ2n) is 5.65. The molecule has 25 heavy (non-hydrogen) atoms. The second kappa shape index (κ2) is 6.68. The maximum atomic E-state index is 12.0. The molecule has 0 saturated carbocycles. The van der Waals surface area contributed by atoms with Crippen molar-refractivity contribution in [2.75, 3.05) is 12.8 Å². The normalized spacial score (nSPS) is 10.5. The molecule has 0 radical (unpaired) electrons. The van der Waals surface area contributed by atoms with Gasteiger partial charge in [-0.05, 0) is 26.0 Å². The third-order valence-corrected chi connectivity index (χ3v) is 3.70. The zero-order chi connectivity index (χ0) is 18.0. The Hall–Kier alpha value is -3.28.